The van der Waals surface area contributed by atoms with Crippen LogP contribution in [0.15, 0.2) is 30.6 Å². The van der Waals surface area contributed by atoms with E-state index in [0.717, 1.165) is 0 Å². The minimum Gasteiger partial charge on any atom is -0.505 e. The van der Waals surface area contributed by atoms with Gasteiger partial charge in [0.05, 0.1) is 6.33 Å². The zero-order valence-corrected chi connectivity index (χ0v) is 8.68. The Kier molecular flexibility index (Phi) is 1.63. The van der Waals surface area contributed by atoms with Crippen molar-refractivity contribution in [2.45, 2.75) is 0 Å². The van der Waals surface area contributed by atoms with Crippen molar-refractivity contribution in [2.24, 2.45) is 7.05 Å². The minimum atomic E-state index is 0.115. The van der Waals surface area contributed by atoms with Gasteiger partial charge in [-0.15, -0.1) is 0 Å². The maximum absolute atomic E-state index is 10.1. The second-order valence-corrected chi connectivity index (χ2v) is 3.80. The highest BCUT2D eigenvalue weighted by Crippen LogP contribution is 2.39. The van der Waals surface area contributed by atoms with Crippen molar-refractivity contribution in [1.29, 1.82) is 0 Å². The number of hydrogen-bond donors (Lipinski definition) is 2. The van der Waals surface area contributed by atoms with E-state index < -0.39 is 0 Å². The zero-order valence-electron chi connectivity index (χ0n) is 8.68. The highest BCUT2D eigenvalue weighted by molar-refractivity contribution is 6.07. The van der Waals surface area contributed by atoms with E-state index in [1.54, 1.807) is 30.1 Å². The van der Waals surface area contributed by atoms with Crippen LogP contribution in [0, 0.1) is 0 Å². The van der Waals surface area contributed by atoms with E-state index >= 15 is 0 Å². The summed E-state index contributed by atoms with van der Waals surface area (Å²) in [5, 5.41) is 21.4. The summed E-state index contributed by atoms with van der Waals surface area (Å²) in [7, 11) is 1.78. The summed E-state index contributed by atoms with van der Waals surface area (Å²) in [4.78, 5) is 4.08. The third-order valence-electron chi connectivity index (χ3n) is 2.82. The van der Waals surface area contributed by atoms with Crippen molar-refractivity contribution in [2.75, 3.05) is 0 Å². The molecule has 3 rings (SSSR count). The van der Waals surface area contributed by atoms with E-state index in [-0.39, 0.29) is 11.5 Å². The van der Waals surface area contributed by atoms with Crippen LogP contribution < -0.4 is 0 Å². The predicted molar refractivity (Wildman–Crippen MR) is 61.5 cm³/mol. The number of aryl methyl sites for hydroxylation is 1. The highest BCUT2D eigenvalue weighted by atomic mass is 16.3. The standard InChI is InChI=1S/C12H10N2O2/c1-14-6-13-9-10(14)12(16)8-5-3-2-4-7(8)11(9)15/h2-6,15-16H,1H3. The van der Waals surface area contributed by atoms with Crippen LogP contribution in [0.1, 0.15) is 0 Å². The molecule has 1 aromatic heterocycles. The molecule has 0 spiro atoms. The lowest BCUT2D eigenvalue weighted by molar-refractivity contribution is 0.476. The maximum Gasteiger partial charge on any atom is 0.151 e. The molecule has 0 saturated heterocycles. The molecule has 0 fully saturated rings. The Morgan fingerprint density at radius 3 is 2.38 bits per heavy atom. The third kappa shape index (κ3) is 0.957. The number of phenols is 2. The molecule has 0 aliphatic heterocycles. The fraction of sp³-hybridized carbons (Fsp3) is 0.0833. The van der Waals surface area contributed by atoms with Crippen LogP contribution in [0.3, 0.4) is 0 Å². The van der Waals surface area contributed by atoms with E-state index in [1.807, 2.05) is 12.1 Å². The normalized spacial score (nSPS) is 11.3. The number of fused-ring (bicyclic) bond motifs is 2. The molecule has 3 aromatic rings. The molecule has 0 aliphatic rings. The number of nitrogens with zero attached hydrogens (tertiary/aromatic N) is 2. The van der Waals surface area contributed by atoms with E-state index in [2.05, 4.69) is 4.98 Å². The SMILES string of the molecule is Cn1cnc2c(O)c3ccccc3c(O)c21. The number of aromatic nitrogens is 2. The van der Waals surface area contributed by atoms with Gasteiger partial charge in [0.2, 0.25) is 0 Å². The van der Waals surface area contributed by atoms with E-state index in [4.69, 9.17) is 0 Å². The molecule has 0 unspecified atom stereocenters. The van der Waals surface area contributed by atoms with Crippen LogP contribution >= 0.6 is 0 Å². The number of phenolic OH excluding ortho intramolecular Hbond substituents is 2. The molecule has 0 saturated carbocycles. The number of rotatable bonds is 0. The highest BCUT2D eigenvalue weighted by Gasteiger charge is 2.15. The van der Waals surface area contributed by atoms with Crippen molar-refractivity contribution in [1.82, 2.24) is 9.55 Å². The summed E-state index contributed by atoms with van der Waals surface area (Å²) < 4.78 is 1.69. The molecular weight excluding hydrogens is 204 g/mol. The van der Waals surface area contributed by atoms with Gasteiger partial charge in [-0.05, 0) is 0 Å². The lowest BCUT2D eigenvalue weighted by Crippen LogP contribution is -1.86. The van der Waals surface area contributed by atoms with Gasteiger partial charge in [0, 0.05) is 17.8 Å². The van der Waals surface area contributed by atoms with Crippen LogP contribution in [-0.4, -0.2) is 19.8 Å². The summed E-state index contributed by atoms with van der Waals surface area (Å²) >= 11 is 0. The Labute approximate surface area is 91.4 Å². The third-order valence-corrected chi connectivity index (χ3v) is 2.82. The van der Waals surface area contributed by atoms with E-state index in [1.165, 1.54) is 0 Å². The first-order valence-electron chi connectivity index (χ1n) is 4.94. The fourth-order valence-corrected chi connectivity index (χ4v) is 2.03. The lowest BCUT2D eigenvalue weighted by atomic mass is 10.1. The number of hydrogen-bond acceptors (Lipinski definition) is 3. The van der Waals surface area contributed by atoms with Crippen LogP contribution in [0.25, 0.3) is 21.8 Å². The molecule has 1 heterocycles. The van der Waals surface area contributed by atoms with Gasteiger partial charge in [-0.25, -0.2) is 4.98 Å². The molecule has 80 valence electrons. The van der Waals surface area contributed by atoms with Crippen molar-refractivity contribution in [3.8, 4) is 11.5 Å². The predicted octanol–water partition coefficient (Wildman–Crippen LogP) is 2.14. The first-order valence-corrected chi connectivity index (χ1v) is 4.94. The molecular formula is C12H10N2O2. The molecule has 4 heteroatoms. The summed E-state index contributed by atoms with van der Waals surface area (Å²) in [6.07, 6.45) is 1.57. The molecule has 2 aromatic carbocycles. The van der Waals surface area contributed by atoms with Crippen LogP contribution in [0.2, 0.25) is 0 Å². The Bertz CT molecular complexity index is 701. The largest absolute Gasteiger partial charge is 0.505 e. The molecule has 16 heavy (non-hydrogen) atoms. The quantitative estimate of drug-likeness (QED) is 0.563. The molecule has 0 atom stereocenters. The van der Waals surface area contributed by atoms with Gasteiger partial charge < -0.3 is 14.8 Å². The molecule has 0 amide bonds. The van der Waals surface area contributed by atoms with Gasteiger partial charge in [0.25, 0.3) is 0 Å². The molecule has 0 bridgehead atoms. The molecule has 0 aliphatic carbocycles. The van der Waals surface area contributed by atoms with Gasteiger partial charge in [0.1, 0.15) is 16.8 Å². The van der Waals surface area contributed by atoms with Crippen LogP contribution in [-0.2, 0) is 7.05 Å². The smallest absolute Gasteiger partial charge is 0.151 e. The van der Waals surface area contributed by atoms with Crippen molar-refractivity contribution < 1.29 is 10.2 Å². The first kappa shape index (κ1) is 9.03. The Hall–Kier alpha value is -2.23. The topological polar surface area (TPSA) is 58.3 Å². The summed E-state index contributed by atoms with van der Waals surface area (Å²) in [5.74, 6) is 0.271. The van der Waals surface area contributed by atoms with Crippen molar-refractivity contribution >= 4 is 21.8 Å². The van der Waals surface area contributed by atoms with Crippen LogP contribution in [0.4, 0.5) is 0 Å². The average Bonchev–Trinajstić information content (AvgIpc) is 2.69. The second kappa shape index (κ2) is 2.88. The van der Waals surface area contributed by atoms with Crippen LogP contribution in [0.5, 0.6) is 11.5 Å². The fourth-order valence-electron chi connectivity index (χ4n) is 2.03. The Morgan fingerprint density at radius 2 is 1.69 bits per heavy atom. The van der Waals surface area contributed by atoms with Gasteiger partial charge in [-0.1, -0.05) is 24.3 Å². The molecule has 4 nitrogen and oxygen atoms in total. The van der Waals surface area contributed by atoms with Gasteiger partial charge >= 0.3 is 0 Å². The maximum atomic E-state index is 10.1. The first-order chi connectivity index (χ1) is 7.70. The Morgan fingerprint density at radius 1 is 1.06 bits per heavy atom. The summed E-state index contributed by atoms with van der Waals surface area (Å²) in [6, 6.07) is 7.18. The Balaban J connectivity index is 2.69. The second-order valence-electron chi connectivity index (χ2n) is 3.80. The van der Waals surface area contributed by atoms with E-state index in [9.17, 15) is 10.2 Å². The molecule has 2 N–H and O–H groups in total. The van der Waals surface area contributed by atoms with Crippen molar-refractivity contribution in [3.05, 3.63) is 30.6 Å². The lowest BCUT2D eigenvalue weighted by Gasteiger charge is -2.06. The zero-order chi connectivity index (χ0) is 11.3. The van der Waals surface area contributed by atoms with Gasteiger partial charge in [-0.3, -0.25) is 0 Å². The summed E-state index contributed by atoms with van der Waals surface area (Å²) in [5.41, 5.74) is 0.981. The number of benzene rings is 2. The van der Waals surface area contributed by atoms with Crippen molar-refractivity contribution in [3.63, 3.8) is 0 Å². The molecule has 0 radical (unpaired) electrons. The monoisotopic (exact) mass is 214 g/mol. The number of imidazole rings is 1. The average molecular weight is 214 g/mol. The van der Waals surface area contributed by atoms with Gasteiger partial charge in [-0.2, -0.15) is 0 Å². The minimum absolute atomic E-state index is 0.115. The van der Waals surface area contributed by atoms with E-state index in [0.29, 0.717) is 21.8 Å². The van der Waals surface area contributed by atoms with Gasteiger partial charge in [0.15, 0.2) is 5.75 Å². The number of aromatic hydroxyl groups is 2. The summed E-state index contributed by atoms with van der Waals surface area (Å²) in [6.45, 7) is 0.